The monoisotopic (exact) mass is 292 g/mol. The molecule has 0 fully saturated rings. The lowest BCUT2D eigenvalue weighted by Gasteiger charge is -2.07. The van der Waals surface area contributed by atoms with E-state index in [9.17, 15) is 0 Å². The molecule has 1 N–H and O–H groups in total. The van der Waals surface area contributed by atoms with Gasteiger partial charge in [-0.2, -0.15) is 0 Å². The normalized spacial score (nSPS) is 14.0. The van der Waals surface area contributed by atoms with Crippen molar-refractivity contribution in [3.05, 3.63) is 54.1 Å². The van der Waals surface area contributed by atoms with Gasteiger partial charge in [-0.25, -0.2) is 0 Å². The molecule has 2 heterocycles. The van der Waals surface area contributed by atoms with Crippen molar-refractivity contribution in [1.29, 1.82) is 0 Å². The minimum Gasteiger partial charge on any atom is -0.497 e. The van der Waals surface area contributed by atoms with Gasteiger partial charge in [-0.3, -0.25) is 4.99 Å². The lowest BCUT2D eigenvalue weighted by Crippen LogP contribution is -2.20. The SMILES string of the molecule is COc1ccc2cc(-c3ccccc3C3=NCCN3)oc2c1. The number of hydrogen-bond acceptors (Lipinski definition) is 4. The van der Waals surface area contributed by atoms with Crippen molar-refractivity contribution in [3.8, 4) is 17.1 Å². The molecule has 0 aliphatic carbocycles. The molecule has 4 rings (SSSR count). The fourth-order valence-electron chi connectivity index (χ4n) is 2.75. The highest BCUT2D eigenvalue weighted by Crippen LogP contribution is 2.32. The smallest absolute Gasteiger partial charge is 0.138 e. The van der Waals surface area contributed by atoms with Crippen LogP contribution in [0.4, 0.5) is 0 Å². The van der Waals surface area contributed by atoms with Crippen LogP contribution in [0.25, 0.3) is 22.3 Å². The van der Waals surface area contributed by atoms with Gasteiger partial charge in [-0.05, 0) is 18.2 Å². The van der Waals surface area contributed by atoms with Crippen LogP contribution in [0, 0.1) is 0 Å². The Morgan fingerprint density at radius 2 is 1.95 bits per heavy atom. The van der Waals surface area contributed by atoms with Gasteiger partial charge in [0, 0.05) is 29.1 Å². The Bertz CT molecular complexity index is 864. The van der Waals surface area contributed by atoms with Gasteiger partial charge in [0.05, 0.1) is 13.7 Å². The van der Waals surface area contributed by atoms with Gasteiger partial charge in [0.25, 0.3) is 0 Å². The maximum atomic E-state index is 6.03. The highest BCUT2D eigenvalue weighted by atomic mass is 16.5. The molecule has 0 saturated heterocycles. The molecule has 1 aromatic heterocycles. The molecule has 110 valence electrons. The summed E-state index contributed by atoms with van der Waals surface area (Å²) in [7, 11) is 1.66. The van der Waals surface area contributed by atoms with E-state index in [2.05, 4.69) is 28.5 Å². The molecule has 1 aliphatic heterocycles. The van der Waals surface area contributed by atoms with E-state index in [-0.39, 0.29) is 0 Å². The summed E-state index contributed by atoms with van der Waals surface area (Å²) in [5.74, 6) is 2.58. The second kappa shape index (κ2) is 5.22. The van der Waals surface area contributed by atoms with Gasteiger partial charge in [-0.1, -0.05) is 24.3 Å². The summed E-state index contributed by atoms with van der Waals surface area (Å²) in [6.45, 7) is 1.71. The lowest BCUT2D eigenvalue weighted by atomic mass is 10.0. The molecular weight excluding hydrogens is 276 g/mol. The van der Waals surface area contributed by atoms with Gasteiger partial charge in [0.1, 0.15) is 22.9 Å². The fourth-order valence-corrected chi connectivity index (χ4v) is 2.75. The zero-order chi connectivity index (χ0) is 14.9. The van der Waals surface area contributed by atoms with E-state index in [1.54, 1.807) is 7.11 Å². The van der Waals surface area contributed by atoms with Crippen molar-refractivity contribution < 1.29 is 9.15 Å². The molecule has 0 saturated carbocycles. The van der Waals surface area contributed by atoms with Crippen LogP contribution in [0.2, 0.25) is 0 Å². The van der Waals surface area contributed by atoms with Crippen LogP contribution in [0.5, 0.6) is 5.75 Å². The summed E-state index contributed by atoms with van der Waals surface area (Å²) in [5.41, 5.74) is 2.95. The largest absolute Gasteiger partial charge is 0.497 e. The molecule has 0 bridgehead atoms. The summed E-state index contributed by atoms with van der Waals surface area (Å²) >= 11 is 0. The van der Waals surface area contributed by atoms with Gasteiger partial charge in [-0.15, -0.1) is 0 Å². The molecule has 0 unspecified atom stereocenters. The van der Waals surface area contributed by atoms with Gasteiger partial charge in [0.2, 0.25) is 0 Å². The summed E-state index contributed by atoms with van der Waals surface area (Å²) in [6.07, 6.45) is 0. The molecule has 4 heteroatoms. The van der Waals surface area contributed by atoms with Crippen molar-refractivity contribution in [1.82, 2.24) is 5.32 Å². The summed E-state index contributed by atoms with van der Waals surface area (Å²) in [6, 6.07) is 16.1. The molecule has 0 atom stereocenters. The molecule has 0 spiro atoms. The van der Waals surface area contributed by atoms with Crippen LogP contribution in [0.15, 0.2) is 57.9 Å². The fraction of sp³-hybridized carbons (Fsp3) is 0.167. The van der Waals surface area contributed by atoms with Crippen molar-refractivity contribution in [2.45, 2.75) is 0 Å². The van der Waals surface area contributed by atoms with Crippen LogP contribution in [-0.4, -0.2) is 26.0 Å². The van der Waals surface area contributed by atoms with Crippen molar-refractivity contribution >= 4 is 16.8 Å². The van der Waals surface area contributed by atoms with Gasteiger partial charge < -0.3 is 14.5 Å². The molecule has 4 nitrogen and oxygen atoms in total. The highest BCUT2D eigenvalue weighted by Gasteiger charge is 2.16. The maximum Gasteiger partial charge on any atom is 0.138 e. The number of aliphatic imine (C=N–C) groups is 1. The van der Waals surface area contributed by atoms with Crippen LogP contribution in [0.1, 0.15) is 5.56 Å². The third-order valence-corrected chi connectivity index (χ3v) is 3.85. The average Bonchev–Trinajstić information content (AvgIpc) is 3.23. The topological polar surface area (TPSA) is 46.8 Å². The molecule has 1 aliphatic rings. The molecule has 0 amide bonds. The summed E-state index contributed by atoms with van der Waals surface area (Å²) < 4.78 is 11.3. The van der Waals surface area contributed by atoms with Crippen LogP contribution >= 0.6 is 0 Å². The van der Waals surface area contributed by atoms with E-state index in [1.165, 1.54) is 0 Å². The number of rotatable bonds is 3. The van der Waals surface area contributed by atoms with Gasteiger partial charge >= 0.3 is 0 Å². The minimum atomic E-state index is 0.795. The van der Waals surface area contributed by atoms with Crippen molar-refractivity contribution in [2.75, 3.05) is 20.2 Å². The van der Waals surface area contributed by atoms with Crippen LogP contribution < -0.4 is 10.1 Å². The van der Waals surface area contributed by atoms with E-state index >= 15 is 0 Å². The first kappa shape index (κ1) is 13.0. The first-order valence-electron chi connectivity index (χ1n) is 7.31. The number of nitrogens with one attached hydrogen (secondary N) is 1. The van der Waals surface area contributed by atoms with Gasteiger partial charge in [0.15, 0.2) is 0 Å². The van der Waals surface area contributed by atoms with E-state index in [4.69, 9.17) is 9.15 Å². The summed E-state index contributed by atoms with van der Waals surface area (Å²) in [5, 5.41) is 4.39. The molecule has 0 radical (unpaired) electrons. The molecule has 3 aromatic rings. The number of benzene rings is 2. The Morgan fingerprint density at radius 1 is 1.09 bits per heavy atom. The lowest BCUT2D eigenvalue weighted by molar-refractivity contribution is 0.414. The zero-order valence-electron chi connectivity index (χ0n) is 12.3. The average molecular weight is 292 g/mol. The number of fused-ring (bicyclic) bond motifs is 1. The van der Waals surface area contributed by atoms with E-state index in [0.717, 1.165) is 52.5 Å². The maximum absolute atomic E-state index is 6.03. The Morgan fingerprint density at radius 3 is 2.73 bits per heavy atom. The van der Waals surface area contributed by atoms with Crippen LogP contribution in [-0.2, 0) is 0 Å². The molecular formula is C18H16N2O2. The Kier molecular flexibility index (Phi) is 3.07. The number of methoxy groups -OCH3 is 1. The van der Waals surface area contributed by atoms with E-state index < -0.39 is 0 Å². The quantitative estimate of drug-likeness (QED) is 0.804. The first-order chi connectivity index (χ1) is 10.8. The minimum absolute atomic E-state index is 0.795. The first-order valence-corrected chi connectivity index (χ1v) is 7.31. The number of furan rings is 1. The number of ether oxygens (including phenoxy) is 1. The zero-order valence-corrected chi connectivity index (χ0v) is 12.3. The number of amidine groups is 1. The standard InChI is InChI=1S/C18H16N2O2/c1-21-13-7-6-12-10-17(22-16(12)11-13)14-4-2-3-5-15(14)18-19-8-9-20-18/h2-7,10-11H,8-9H2,1H3,(H,19,20). The predicted octanol–water partition coefficient (Wildman–Crippen LogP) is 3.46. The third kappa shape index (κ3) is 2.13. The van der Waals surface area contributed by atoms with Crippen molar-refractivity contribution in [2.24, 2.45) is 4.99 Å². The van der Waals surface area contributed by atoms with E-state index in [1.807, 2.05) is 30.3 Å². The second-order valence-electron chi connectivity index (χ2n) is 5.22. The van der Waals surface area contributed by atoms with Crippen LogP contribution in [0.3, 0.4) is 0 Å². The Balaban J connectivity index is 1.85. The Hall–Kier alpha value is -2.75. The van der Waals surface area contributed by atoms with E-state index in [0.29, 0.717) is 0 Å². The number of hydrogen-bond donors (Lipinski definition) is 1. The van der Waals surface area contributed by atoms with Crippen molar-refractivity contribution in [3.63, 3.8) is 0 Å². The predicted molar refractivity (Wildman–Crippen MR) is 87.6 cm³/mol. The highest BCUT2D eigenvalue weighted by molar-refractivity contribution is 6.05. The Labute approximate surface area is 128 Å². The second-order valence-corrected chi connectivity index (χ2v) is 5.22. The molecule has 22 heavy (non-hydrogen) atoms. The number of nitrogens with zero attached hydrogens (tertiary/aromatic N) is 1. The molecule has 2 aromatic carbocycles. The third-order valence-electron chi connectivity index (χ3n) is 3.85. The summed E-state index contributed by atoms with van der Waals surface area (Å²) in [4.78, 5) is 4.52.